The average Bonchev–Trinajstić information content (AvgIpc) is 2.94. The summed E-state index contributed by atoms with van der Waals surface area (Å²) in [4.78, 5) is 15.0. The first-order chi connectivity index (χ1) is 10.5. The van der Waals surface area contributed by atoms with Gasteiger partial charge in [0.2, 0.25) is 0 Å². The first-order valence-corrected chi connectivity index (χ1v) is 7.62. The van der Waals surface area contributed by atoms with Crippen molar-refractivity contribution in [2.45, 2.75) is 6.92 Å². The van der Waals surface area contributed by atoms with Crippen molar-refractivity contribution in [1.29, 1.82) is 0 Å². The summed E-state index contributed by atoms with van der Waals surface area (Å²) < 4.78 is 10.7. The Bertz CT molecular complexity index is 712. The van der Waals surface area contributed by atoms with Crippen LogP contribution >= 0.6 is 22.9 Å². The van der Waals surface area contributed by atoms with Crippen LogP contribution in [0.3, 0.4) is 0 Å². The van der Waals surface area contributed by atoms with Crippen molar-refractivity contribution in [2.75, 3.05) is 13.7 Å². The summed E-state index contributed by atoms with van der Waals surface area (Å²) in [5.74, 6) is 0.0638. The van der Waals surface area contributed by atoms with Crippen molar-refractivity contribution in [2.24, 2.45) is 0 Å². The van der Waals surface area contributed by atoms with E-state index < -0.39 is 5.97 Å². The van der Waals surface area contributed by atoms with Crippen LogP contribution in [0.4, 0.5) is 0 Å². The number of carbonyl (C=O) groups is 1. The molecule has 0 radical (unpaired) electrons. The number of carboxylic acids is 1. The highest BCUT2D eigenvalue weighted by Crippen LogP contribution is 2.36. The molecule has 1 heterocycles. The minimum absolute atomic E-state index is 0.197. The molecule has 0 aliphatic heterocycles. The fraction of sp³-hybridized carbons (Fsp3) is 0.200. The van der Waals surface area contributed by atoms with E-state index in [0.717, 1.165) is 16.9 Å². The molecule has 0 amide bonds. The molecule has 22 heavy (non-hydrogen) atoms. The molecule has 0 spiro atoms. The van der Waals surface area contributed by atoms with Crippen LogP contribution in [0.25, 0.3) is 12.2 Å². The van der Waals surface area contributed by atoms with E-state index in [4.69, 9.17) is 26.2 Å². The summed E-state index contributed by atoms with van der Waals surface area (Å²) in [5, 5.41) is 9.91. The Morgan fingerprint density at radius 2 is 2.23 bits per heavy atom. The summed E-state index contributed by atoms with van der Waals surface area (Å²) in [6.45, 7) is 2.37. The summed E-state index contributed by atoms with van der Waals surface area (Å²) in [7, 11) is 1.53. The van der Waals surface area contributed by atoms with Gasteiger partial charge < -0.3 is 14.6 Å². The number of ether oxygens (including phenoxy) is 2. The van der Waals surface area contributed by atoms with Gasteiger partial charge in [0.15, 0.2) is 11.5 Å². The number of hydrogen-bond acceptors (Lipinski definition) is 5. The molecule has 0 aliphatic carbocycles. The van der Waals surface area contributed by atoms with Crippen LogP contribution in [0.1, 0.15) is 27.2 Å². The fourth-order valence-electron chi connectivity index (χ4n) is 1.78. The minimum atomic E-state index is -0.983. The highest BCUT2D eigenvalue weighted by atomic mass is 35.5. The van der Waals surface area contributed by atoms with Crippen molar-refractivity contribution in [3.05, 3.63) is 38.8 Å². The number of halogens is 1. The van der Waals surface area contributed by atoms with Crippen LogP contribution in [0, 0.1) is 0 Å². The average molecular weight is 340 g/mol. The maximum Gasteiger partial charge on any atom is 0.347 e. The molecule has 1 aromatic heterocycles. The third-order valence-corrected chi connectivity index (χ3v) is 3.92. The van der Waals surface area contributed by atoms with Gasteiger partial charge in [-0.2, -0.15) is 0 Å². The van der Waals surface area contributed by atoms with Crippen molar-refractivity contribution in [3.63, 3.8) is 0 Å². The van der Waals surface area contributed by atoms with E-state index in [1.165, 1.54) is 13.3 Å². The van der Waals surface area contributed by atoms with Crippen LogP contribution in [-0.4, -0.2) is 29.8 Å². The van der Waals surface area contributed by atoms with Crippen molar-refractivity contribution in [3.8, 4) is 11.5 Å². The number of aromatic carboxylic acids is 1. The predicted octanol–water partition coefficient (Wildman–Crippen LogP) is 4.07. The van der Waals surface area contributed by atoms with E-state index in [2.05, 4.69) is 4.98 Å². The summed E-state index contributed by atoms with van der Waals surface area (Å²) in [6, 6.07) is 3.54. The Labute approximate surface area is 136 Å². The number of hydrogen-bond donors (Lipinski definition) is 1. The number of thiazole rings is 1. The van der Waals surface area contributed by atoms with E-state index in [9.17, 15) is 4.79 Å². The zero-order valence-corrected chi connectivity index (χ0v) is 13.6. The lowest BCUT2D eigenvalue weighted by molar-refractivity contribution is 0.0702. The maximum atomic E-state index is 10.8. The first kappa shape index (κ1) is 16.3. The molecule has 0 unspecified atom stereocenters. The van der Waals surface area contributed by atoms with Gasteiger partial charge in [0.1, 0.15) is 9.88 Å². The number of aromatic nitrogens is 1. The molecule has 0 atom stereocenters. The van der Waals surface area contributed by atoms with Gasteiger partial charge in [-0.3, -0.25) is 0 Å². The second kappa shape index (κ2) is 7.29. The zero-order chi connectivity index (χ0) is 16.1. The molecule has 116 valence electrons. The molecular formula is C15H14ClNO4S. The molecule has 0 bridgehead atoms. The van der Waals surface area contributed by atoms with Gasteiger partial charge in [-0.05, 0) is 30.7 Å². The van der Waals surface area contributed by atoms with Crippen LogP contribution in [0.2, 0.25) is 5.02 Å². The van der Waals surface area contributed by atoms with E-state index in [1.807, 2.05) is 6.92 Å². The molecule has 0 fully saturated rings. The molecule has 2 rings (SSSR count). The van der Waals surface area contributed by atoms with Crippen LogP contribution in [0.5, 0.6) is 11.5 Å². The minimum Gasteiger partial charge on any atom is -0.491 e. The van der Waals surface area contributed by atoms with Gasteiger partial charge in [0, 0.05) is 0 Å². The van der Waals surface area contributed by atoms with Gasteiger partial charge in [-0.25, -0.2) is 9.78 Å². The van der Waals surface area contributed by atoms with Gasteiger partial charge in [-0.1, -0.05) is 17.7 Å². The normalized spacial score (nSPS) is 10.9. The lowest BCUT2D eigenvalue weighted by Gasteiger charge is -2.11. The molecule has 0 aliphatic rings. The number of methoxy groups -OCH3 is 1. The number of benzene rings is 1. The lowest BCUT2D eigenvalue weighted by Crippen LogP contribution is -1.96. The molecule has 1 aromatic carbocycles. The standard InChI is InChI=1S/C15H14ClNO4S/c1-3-21-11-7-9(6-10(16)14(11)20-2)4-5-13-17-8-12(22-13)15(18)19/h4-8H,3H2,1-2H3,(H,18,19)/b5-4-. The van der Waals surface area contributed by atoms with Crippen LogP contribution in [-0.2, 0) is 0 Å². The smallest absolute Gasteiger partial charge is 0.347 e. The molecule has 2 aromatic rings. The molecule has 0 saturated carbocycles. The van der Waals surface area contributed by atoms with Gasteiger partial charge >= 0.3 is 5.97 Å². The van der Waals surface area contributed by atoms with Crippen molar-refractivity contribution < 1.29 is 19.4 Å². The van der Waals surface area contributed by atoms with Crippen molar-refractivity contribution >= 4 is 41.1 Å². The Morgan fingerprint density at radius 1 is 1.45 bits per heavy atom. The zero-order valence-electron chi connectivity index (χ0n) is 12.0. The maximum absolute atomic E-state index is 10.8. The second-order valence-corrected chi connectivity index (χ2v) is 5.64. The number of nitrogens with zero attached hydrogens (tertiary/aromatic N) is 1. The van der Waals surface area contributed by atoms with Crippen LogP contribution < -0.4 is 9.47 Å². The summed E-state index contributed by atoms with van der Waals surface area (Å²) in [5.41, 5.74) is 0.807. The quantitative estimate of drug-likeness (QED) is 0.859. The van der Waals surface area contributed by atoms with E-state index in [1.54, 1.807) is 24.3 Å². The summed E-state index contributed by atoms with van der Waals surface area (Å²) in [6.07, 6.45) is 4.85. The predicted molar refractivity (Wildman–Crippen MR) is 87.2 cm³/mol. The largest absolute Gasteiger partial charge is 0.491 e. The second-order valence-electron chi connectivity index (χ2n) is 4.17. The van der Waals surface area contributed by atoms with Gasteiger partial charge in [0.05, 0.1) is 24.9 Å². The first-order valence-electron chi connectivity index (χ1n) is 6.42. The molecule has 1 N–H and O–H groups in total. The van der Waals surface area contributed by atoms with E-state index >= 15 is 0 Å². The van der Waals surface area contributed by atoms with E-state index in [-0.39, 0.29) is 4.88 Å². The van der Waals surface area contributed by atoms with Gasteiger partial charge in [0.25, 0.3) is 0 Å². The van der Waals surface area contributed by atoms with Gasteiger partial charge in [-0.15, -0.1) is 11.3 Å². The third-order valence-electron chi connectivity index (χ3n) is 2.69. The SMILES string of the molecule is CCOc1cc(/C=C\c2ncc(C(=O)O)s2)cc(Cl)c1OC. The number of rotatable bonds is 6. The molecule has 7 heteroatoms. The Balaban J connectivity index is 2.28. The Morgan fingerprint density at radius 3 is 2.82 bits per heavy atom. The highest BCUT2D eigenvalue weighted by molar-refractivity contribution is 7.14. The molecule has 0 saturated heterocycles. The fourth-order valence-corrected chi connectivity index (χ4v) is 2.73. The Kier molecular flexibility index (Phi) is 5.41. The molecular weight excluding hydrogens is 326 g/mol. The van der Waals surface area contributed by atoms with Crippen molar-refractivity contribution in [1.82, 2.24) is 4.98 Å². The lowest BCUT2D eigenvalue weighted by atomic mass is 10.2. The summed E-state index contributed by atoms with van der Waals surface area (Å²) >= 11 is 7.27. The van der Waals surface area contributed by atoms with Crippen LogP contribution in [0.15, 0.2) is 18.3 Å². The highest BCUT2D eigenvalue weighted by Gasteiger charge is 2.11. The number of carboxylic acid groups (broad SMARTS) is 1. The van der Waals surface area contributed by atoms with E-state index in [0.29, 0.717) is 28.1 Å². The topological polar surface area (TPSA) is 68.7 Å². The Hall–Kier alpha value is -2.05. The third kappa shape index (κ3) is 3.78. The monoisotopic (exact) mass is 339 g/mol. The molecule has 5 nitrogen and oxygen atoms in total.